The predicted octanol–water partition coefficient (Wildman–Crippen LogP) is 2.29. The van der Waals surface area contributed by atoms with Crippen LogP contribution < -0.4 is 15.4 Å². The van der Waals surface area contributed by atoms with Gasteiger partial charge in [0.25, 0.3) is 5.91 Å². The van der Waals surface area contributed by atoms with Crippen molar-refractivity contribution >= 4 is 11.6 Å². The molecule has 0 radical (unpaired) electrons. The molecule has 1 amide bonds. The van der Waals surface area contributed by atoms with E-state index in [9.17, 15) is 18.0 Å². The van der Waals surface area contributed by atoms with Crippen LogP contribution in [0.4, 0.5) is 18.9 Å². The molecular formula is C14H17F3N2O3. The summed E-state index contributed by atoms with van der Waals surface area (Å²) in [5.41, 5.74) is -0.742. The van der Waals surface area contributed by atoms with Gasteiger partial charge in [0.2, 0.25) is 0 Å². The highest BCUT2D eigenvalue weighted by Gasteiger charge is 2.39. The maximum absolute atomic E-state index is 12.4. The van der Waals surface area contributed by atoms with Crippen molar-refractivity contribution in [2.45, 2.75) is 24.8 Å². The fourth-order valence-corrected chi connectivity index (χ4v) is 2.37. The molecule has 1 aliphatic rings. The Morgan fingerprint density at radius 1 is 1.32 bits per heavy atom. The smallest absolute Gasteiger partial charge is 0.406 e. The standard InChI is InChI=1S/C14H17F3N2O3/c1-21-13(5-7-18-8-6-13)12(20)19-10-3-2-4-11(9-10)22-14(15,16)17/h2-4,9,18H,5-8H2,1H3,(H,19,20). The number of benzene rings is 1. The normalized spacial score (nSPS) is 17.8. The zero-order valence-electron chi connectivity index (χ0n) is 12.0. The SMILES string of the molecule is COC1(C(=O)Nc2cccc(OC(F)(F)F)c2)CCNCC1. The number of ether oxygens (including phenoxy) is 2. The molecule has 0 unspecified atom stereocenters. The van der Waals surface area contributed by atoms with Crippen molar-refractivity contribution < 1.29 is 27.4 Å². The number of anilines is 1. The number of carbonyl (C=O) groups excluding carboxylic acids is 1. The monoisotopic (exact) mass is 318 g/mol. The van der Waals surface area contributed by atoms with E-state index in [0.717, 1.165) is 6.07 Å². The molecule has 1 aromatic carbocycles. The van der Waals surface area contributed by atoms with Gasteiger partial charge in [-0.15, -0.1) is 13.2 Å². The molecule has 1 saturated heterocycles. The summed E-state index contributed by atoms with van der Waals surface area (Å²) in [6, 6.07) is 5.15. The topological polar surface area (TPSA) is 59.6 Å². The summed E-state index contributed by atoms with van der Waals surface area (Å²) in [5.74, 6) is -0.761. The summed E-state index contributed by atoms with van der Waals surface area (Å²) in [7, 11) is 1.45. The van der Waals surface area contributed by atoms with Gasteiger partial charge < -0.3 is 20.1 Å². The van der Waals surface area contributed by atoms with Crippen LogP contribution in [0.2, 0.25) is 0 Å². The highest BCUT2D eigenvalue weighted by Crippen LogP contribution is 2.27. The van der Waals surface area contributed by atoms with Gasteiger partial charge in [0.1, 0.15) is 11.4 Å². The number of nitrogens with one attached hydrogen (secondary N) is 2. The number of amides is 1. The van der Waals surface area contributed by atoms with Crippen molar-refractivity contribution in [2.24, 2.45) is 0 Å². The molecule has 1 fully saturated rings. The quantitative estimate of drug-likeness (QED) is 0.894. The van der Waals surface area contributed by atoms with Crippen LogP contribution in [0.1, 0.15) is 12.8 Å². The van der Waals surface area contributed by atoms with E-state index in [2.05, 4.69) is 15.4 Å². The average molecular weight is 318 g/mol. The maximum atomic E-state index is 12.4. The van der Waals surface area contributed by atoms with E-state index in [0.29, 0.717) is 25.9 Å². The third-order valence-electron chi connectivity index (χ3n) is 3.54. The van der Waals surface area contributed by atoms with E-state index >= 15 is 0 Å². The lowest BCUT2D eigenvalue weighted by Crippen LogP contribution is -2.51. The Bertz CT molecular complexity index is 528. The minimum atomic E-state index is -4.77. The van der Waals surface area contributed by atoms with Gasteiger partial charge in [0, 0.05) is 18.9 Å². The number of methoxy groups -OCH3 is 1. The van der Waals surface area contributed by atoms with Crippen LogP contribution in [0.5, 0.6) is 5.75 Å². The molecule has 0 bridgehead atoms. The van der Waals surface area contributed by atoms with E-state index < -0.39 is 12.0 Å². The third-order valence-corrected chi connectivity index (χ3v) is 3.54. The predicted molar refractivity (Wildman–Crippen MR) is 73.6 cm³/mol. The molecule has 0 spiro atoms. The van der Waals surface area contributed by atoms with E-state index in [1.54, 1.807) is 0 Å². The third kappa shape index (κ3) is 4.11. The second-order valence-electron chi connectivity index (χ2n) is 4.98. The molecule has 22 heavy (non-hydrogen) atoms. The first-order valence-electron chi connectivity index (χ1n) is 6.78. The molecule has 1 aliphatic heterocycles. The summed E-state index contributed by atoms with van der Waals surface area (Å²) in [6.45, 7) is 1.27. The number of alkyl halides is 3. The Labute approximate surface area is 125 Å². The van der Waals surface area contributed by atoms with Gasteiger partial charge in [-0.25, -0.2) is 0 Å². The Morgan fingerprint density at radius 3 is 2.59 bits per heavy atom. The number of rotatable bonds is 4. The Hall–Kier alpha value is -1.80. The molecule has 0 atom stereocenters. The van der Waals surface area contributed by atoms with Crippen molar-refractivity contribution in [3.8, 4) is 5.75 Å². The summed E-state index contributed by atoms with van der Waals surface area (Å²) in [6.07, 6.45) is -3.78. The maximum Gasteiger partial charge on any atom is 0.573 e. The van der Waals surface area contributed by atoms with Crippen molar-refractivity contribution in [2.75, 3.05) is 25.5 Å². The van der Waals surface area contributed by atoms with Crippen LogP contribution in [0.15, 0.2) is 24.3 Å². The van der Waals surface area contributed by atoms with Gasteiger partial charge in [-0.05, 0) is 38.1 Å². The van der Waals surface area contributed by atoms with Crippen molar-refractivity contribution in [3.05, 3.63) is 24.3 Å². The molecule has 1 heterocycles. The van der Waals surface area contributed by atoms with Crippen LogP contribution in [0, 0.1) is 0 Å². The van der Waals surface area contributed by atoms with Crippen molar-refractivity contribution in [3.63, 3.8) is 0 Å². The van der Waals surface area contributed by atoms with E-state index in [4.69, 9.17) is 4.74 Å². The first kappa shape index (κ1) is 16.6. The largest absolute Gasteiger partial charge is 0.573 e. The molecule has 0 aromatic heterocycles. The van der Waals surface area contributed by atoms with Gasteiger partial charge in [0.05, 0.1) is 0 Å². The minimum Gasteiger partial charge on any atom is -0.406 e. The van der Waals surface area contributed by atoms with Crippen LogP contribution >= 0.6 is 0 Å². The average Bonchev–Trinajstić information content (AvgIpc) is 2.46. The number of hydrogen-bond acceptors (Lipinski definition) is 4. The number of piperidine rings is 1. The molecule has 2 rings (SSSR count). The summed E-state index contributed by atoms with van der Waals surface area (Å²) in [5, 5.41) is 5.71. The zero-order valence-corrected chi connectivity index (χ0v) is 12.0. The number of halogens is 3. The Kier molecular flexibility index (Phi) is 4.92. The lowest BCUT2D eigenvalue weighted by atomic mass is 9.91. The second kappa shape index (κ2) is 6.53. The second-order valence-corrected chi connectivity index (χ2v) is 4.98. The fraction of sp³-hybridized carbons (Fsp3) is 0.500. The van der Waals surface area contributed by atoms with Gasteiger partial charge in [-0.3, -0.25) is 4.79 Å². The lowest BCUT2D eigenvalue weighted by molar-refractivity contribution is -0.274. The van der Waals surface area contributed by atoms with E-state index in [-0.39, 0.29) is 17.3 Å². The van der Waals surface area contributed by atoms with Crippen LogP contribution in [-0.2, 0) is 9.53 Å². The molecule has 2 N–H and O–H groups in total. The summed E-state index contributed by atoms with van der Waals surface area (Å²) < 4.78 is 45.8. The molecule has 5 nitrogen and oxygen atoms in total. The lowest BCUT2D eigenvalue weighted by Gasteiger charge is -2.34. The van der Waals surface area contributed by atoms with Gasteiger partial charge >= 0.3 is 6.36 Å². The molecule has 122 valence electrons. The van der Waals surface area contributed by atoms with Crippen molar-refractivity contribution in [1.82, 2.24) is 5.32 Å². The van der Waals surface area contributed by atoms with E-state index in [1.165, 1.54) is 25.3 Å². The highest BCUT2D eigenvalue weighted by molar-refractivity contribution is 5.97. The van der Waals surface area contributed by atoms with Crippen LogP contribution in [0.25, 0.3) is 0 Å². The molecule has 1 aromatic rings. The number of hydrogen-bond donors (Lipinski definition) is 2. The molecule has 8 heteroatoms. The molecular weight excluding hydrogens is 301 g/mol. The minimum absolute atomic E-state index is 0.224. The number of carbonyl (C=O) groups is 1. The van der Waals surface area contributed by atoms with Crippen LogP contribution in [-0.4, -0.2) is 38.1 Å². The highest BCUT2D eigenvalue weighted by atomic mass is 19.4. The van der Waals surface area contributed by atoms with Gasteiger partial charge in [0.15, 0.2) is 0 Å². The molecule has 0 aliphatic carbocycles. The Balaban J connectivity index is 2.09. The molecule has 0 saturated carbocycles. The van der Waals surface area contributed by atoms with Gasteiger partial charge in [-0.1, -0.05) is 6.07 Å². The van der Waals surface area contributed by atoms with Crippen LogP contribution in [0.3, 0.4) is 0 Å². The summed E-state index contributed by atoms with van der Waals surface area (Å²) in [4.78, 5) is 12.4. The van der Waals surface area contributed by atoms with Crippen molar-refractivity contribution in [1.29, 1.82) is 0 Å². The zero-order chi connectivity index (χ0) is 16.2. The first-order valence-corrected chi connectivity index (χ1v) is 6.78. The summed E-state index contributed by atoms with van der Waals surface area (Å²) >= 11 is 0. The van der Waals surface area contributed by atoms with Gasteiger partial charge in [-0.2, -0.15) is 0 Å². The first-order chi connectivity index (χ1) is 10.3. The fourth-order valence-electron chi connectivity index (χ4n) is 2.37. The Morgan fingerprint density at radius 2 is 2.00 bits per heavy atom. The van der Waals surface area contributed by atoms with E-state index in [1.807, 2.05) is 0 Å².